The molecule has 1 N–H and O–H groups in total. The zero-order valence-electron chi connectivity index (χ0n) is 9.79. The van der Waals surface area contributed by atoms with Gasteiger partial charge in [0.05, 0.1) is 10.0 Å². The number of carbonyl (C=O) groups is 1. The van der Waals surface area contributed by atoms with Gasteiger partial charge in [0, 0.05) is 12.1 Å². The molecule has 0 aromatic heterocycles. The Morgan fingerprint density at radius 3 is 2.37 bits per heavy atom. The average Bonchev–Trinajstić information content (AvgIpc) is 2.41. The first-order chi connectivity index (χ1) is 9.06. The maximum absolute atomic E-state index is 12.7. The fraction of sp³-hybridized carbons (Fsp3) is 0.0714. The first-order valence-corrected chi connectivity index (χ1v) is 6.29. The van der Waals surface area contributed by atoms with Crippen LogP contribution in [0.25, 0.3) is 0 Å². The van der Waals surface area contributed by atoms with Gasteiger partial charge in [0.15, 0.2) is 0 Å². The highest BCUT2D eigenvalue weighted by Crippen LogP contribution is 2.22. The predicted octanol–water partition coefficient (Wildman–Crippen LogP) is 4.06. The van der Waals surface area contributed by atoms with E-state index in [9.17, 15) is 9.18 Å². The van der Waals surface area contributed by atoms with Crippen molar-refractivity contribution in [1.82, 2.24) is 5.32 Å². The van der Waals surface area contributed by atoms with Crippen LogP contribution in [0.4, 0.5) is 4.39 Å². The van der Waals surface area contributed by atoms with Crippen LogP contribution in [0, 0.1) is 5.82 Å². The molecule has 0 heterocycles. The van der Waals surface area contributed by atoms with Crippen LogP contribution in [0.1, 0.15) is 15.9 Å². The number of amides is 1. The third kappa shape index (κ3) is 3.69. The van der Waals surface area contributed by atoms with E-state index in [-0.39, 0.29) is 11.7 Å². The molecule has 0 unspecified atom stereocenters. The Morgan fingerprint density at radius 2 is 1.74 bits per heavy atom. The Balaban J connectivity index is 2.01. The lowest BCUT2D eigenvalue weighted by Crippen LogP contribution is -2.22. The Hall–Kier alpha value is -1.58. The smallest absolute Gasteiger partial charge is 0.251 e. The Kier molecular flexibility index (Phi) is 4.40. The van der Waals surface area contributed by atoms with Gasteiger partial charge in [-0.05, 0) is 35.9 Å². The molecule has 2 aromatic rings. The van der Waals surface area contributed by atoms with Crippen molar-refractivity contribution in [1.29, 1.82) is 0 Å². The molecule has 0 atom stereocenters. The van der Waals surface area contributed by atoms with Crippen LogP contribution in [-0.2, 0) is 6.54 Å². The highest BCUT2D eigenvalue weighted by Gasteiger charge is 2.07. The van der Waals surface area contributed by atoms with Crippen molar-refractivity contribution < 1.29 is 9.18 Å². The SMILES string of the molecule is O=C(NCc1ccc(F)cc1)c1ccc(Cl)c(Cl)c1. The third-order valence-electron chi connectivity index (χ3n) is 2.55. The molecular formula is C14H10Cl2FNO. The number of hydrogen-bond donors (Lipinski definition) is 1. The minimum Gasteiger partial charge on any atom is -0.348 e. The minimum absolute atomic E-state index is 0.261. The Labute approximate surface area is 120 Å². The second-order valence-corrected chi connectivity index (χ2v) is 4.75. The lowest BCUT2D eigenvalue weighted by molar-refractivity contribution is 0.0951. The molecule has 0 spiro atoms. The number of halogens is 3. The molecule has 0 saturated heterocycles. The number of nitrogens with one attached hydrogen (secondary N) is 1. The monoisotopic (exact) mass is 297 g/mol. The maximum Gasteiger partial charge on any atom is 0.251 e. The average molecular weight is 298 g/mol. The molecule has 19 heavy (non-hydrogen) atoms. The topological polar surface area (TPSA) is 29.1 Å². The summed E-state index contributed by atoms with van der Waals surface area (Å²) in [4.78, 5) is 11.9. The fourth-order valence-corrected chi connectivity index (χ4v) is 1.82. The van der Waals surface area contributed by atoms with Crippen molar-refractivity contribution in [3.8, 4) is 0 Å². The molecule has 2 nitrogen and oxygen atoms in total. The molecule has 0 aliphatic carbocycles. The zero-order valence-corrected chi connectivity index (χ0v) is 11.3. The van der Waals surface area contributed by atoms with Crippen LogP contribution >= 0.6 is 23.2 Å². The van der Waals surface area contributed by atoms with E-state index in [1.54, 1.807) is 24.3 Å². The molecular weight excluding hydrogens is 288 g/mol. The van der Waals surface area contributed by atoms with Gasteiger partial charge in [-0.3, -0.25) is 4.79 Å². The van der Waals surface area contributed by atoms with Crippen LogP contribution in [-0.4, -0.2) is 5.91 Å². The van der Waals surface area contributed by atoms with Crippen LogP contribution in [0.3, 0.4) is 0 Å². The molecule has 0 bridgehead atoms. The number of benzene rings is 2. The van der Waals surface area contributed by atoms with Crippen LogP contribution in [0.15, 0.2) is 42.5 Å². The molecule has 0 aliphatic rings. The molecule has 0 radical (unpaired) electrons. The summed E-state index contributed by atoms with van der Waals surface area (Å²) in [6, 6.07) is 10.6. The van der Waals surface area contributed by atoms with E-state index < -0.39 is 0 Å². The van der Waals surface area contributed by atoms with Crippen LogP contribution in [0.5, 0.6) is 0 Å². The second kappa shape index (κ2) is 6.04. The summed E-state index contributed by atoms with van der Waals surface area (Å²) in [5.74, 6) is -0.567. The van der Waals surface area contributed by atoms with E-state index in [4.69, 9.17) is 23.2 Å². The Bertz CT molecular complexity index is 599. The molecule has 0 saturated carbocycles. The minimum atomic E-state index is -0.306. The normalized spacial score (nSPS) is 10.3. The number of rotatable bonds is 3. The quantitative estimate of drug-likeness (QED) is 0.909. The highest BCUT2D eigenvalue weighted by molar-refractivity contribution is 6.42. The van der Waals surface area contributed by atoms with Gasteiger partial charge in [0.1, 0.15) is 5.82 Å². The first kappa shape index (κ1) is 13.8. The van der Waals surface area contributed by atoms with Crippen LogP contribution < -0.4 is 5.32 Å². The van der Waals surface area contributed by atoms with E-state index in [0.717, 1.165) is 5.56 Å². The standard InChI is InChI=1S/C14H10Cl2FNO/c15-12-6-3-10(7-13(12)16)14(19)18-8-9-1-4-11(17)5-2-9/h1-7H,8H2,(H,18,19). The lowest BCUT2D eigenvalue weighted by atomic mass is 10.2. The van der Waals surface area contributed by atoms with E-state index in [0.29, 0.717) is 22.2 Å². The second-order valence-electron chi connectivity index (χ2n) is 3.94. The van der Waals surface area contributed by atoms with Gasteiger partial charge in [-0.25, -0.2) is 4.39 Å². The molecule has 0 aliphatic heterocycles. The van der Waals surface area contributed by atoms with Crippen molar-refractivity contribution in [2.45, 2.75) is 6.54 Å². The summed E-state index contributed by atoms with van der Waals surface area (Å²) < 4.78 is 12.7. The van der Waals surface area contributed by atoms with Crippen LogP contribution in [0.2, 0.25) is 10.0 Å². The maximum atomic E-state index is 12.7. The van der Waals surface area contributed by atoms with E-state index in [2.05, 4.69) is 5.32 Å². The summed E-state index contributed by atoms with van der Waals surface area (Å²) in [5, 5.41) is 3.45. The molecule has 2 aromatic carbocycles. The molecule has 0 fully saturated rings. The van der Waals surface area contributed by atoms with Crippen molar-refractivity contribution >= 4 is 29.1 Å². The van der Waals surface area contributed by atoms with Crippen molar-refractivity contribution in [3.63, 3.8) is 0 Å². The molecule has 1 amide bonds. The van der Waals surface area contributed by atoms with Gasteiger partial charge in [-0.15, -0.1) is 0 Å². The first-order valence-electron chi connectivity index (χ1n) is 5.54. The van der Waals surface area contributed by atoms with Crippen molar-refractivity contribution in [2.24, 2.45) is 0 Å². The predicted molar refractivity (Wildman–Crippen MR) is 74.0 cm³/mol. The van der Waals surface area contributed by atoms with Gasteiger partial charge in [-0.1, -0.05) is 35.3 Å². The highest BCUT2D eigenvalue weighted by atomic mass is 35.5. The summed E-state index contributed by atoms with van der Waals surface area (Å²) in [6.07, 6.45) is 0. The van der Waals surface area contributed by atoms with Gasteiger partial charge < -0.3 is 5.32 Å². The van der Waals surface area contributed by atoms with Crippen molar-refractivity contribution in [2.75, 3.05) is 0 Å². The van der Waals surface area contributed by atoms with Gasteiger partial charge in [0.2, 0.25) is 0 Å². The summed E-state index contributed by atoms with van der Waals surface area (Å²) >= 11 is 11.6. The Morgan fingerprint density at radius 1 is 1.05 bits per heavy atom. The van der Waals surface area contributed by atoms with Crippen molar-refractivity contribution in [3.05, 3.63) is 69.5 Å². The van der Waals surface area contributed by atoms with Gasteiger partial charge >= 0.3 is 0 Å². The zero-order chi connectivity index (χ0) is 13.8. The third-order valence-corrected chi connectivity index (χ3v) is 3.29. The van der Waals surface area contributed by atoms with Gasteiger partial charge in [0.25, 0.3) is 5.91 Å². The molecule has 98 valence electrons. The lowest BCUT2D eigenvalue weighted by Gasteiger charge is -2.06. The van der Waals surface area contributed by atoms with E-state index in [1.807, 2.05) is 0 Å². The summed E-state index contributed by atoms with van der Waals surface area (Å²) in [5.41, 5.74) is 1.24. The molecule has 5 heteroatoms. The molecule has 2 rings (SSSR count). The summed E-state index contributed by atoms with van der Waals surface area (Å²) in [6.45, 7) is 0.319. The van der Waals surface area contributed by atoms with E-state index in [1.165, 1.54) is 18.2 Å². The van der Waals surface area contributed by atoms with Gasteiger partial charge in [-0.2, -0.15) is 0 Å². The summed E-state index contributed by atoms with van der Waals surface area (Å²) in [7, 11) is 0. The fourth-order valence-electron chi connectivity index (χ4n) is 1.52. The number of carbonyl (C=O) groups excluding carboxylic acids is 1. The van der Waals surface area contributed by atoms with E-state index >= 15 is 0 Å². The largest absolute Gasteiger partial charge is 0.348 e. The number of hydrogen-bond acceptors (Lipinski definition) is 1.